The Labute approximate surface area is 192 Å². The van der Waals surface area contributed by atoms with Crippen molar-refractivity contribution in [3.63, 3.8) is 0 Å². The molecule has 1 aliphatic heterocycles. The smallest absolute Gasteiger partial charge is 0.246 e. The molecule has 3 heterocycles. The number of likely N-dealkylation sites (tertiary alicyclic amines) is 1. The van der Waals surface area contributed by atoms with Gasteiger partial charge in [0.1, 0.15) is 12.9 Å². The molecule has 0 saturated carbocycles. The summed E-state index contributed by atoms with van der Waals surface area (Å²) < 4.78 is 2.00. The summed E-state index contributed by atoms with van der Waals surface area (Å²) in [5.41, 5.74) is 4.85. The molecule has 0 spiro atoms. The highest BCUT2D eigenvalue weighted by Gasteiger charge is 2.30. The second-order valence-electron chi connectivity index (χ2n) is 8.05. The third kappa shape index (κ3) is 4.12. The maximum Gasteiger partial charge on any atom is 0.246 e. The van der Waals surface area contributed by atoms with Crippen LogP contribution in [0.1, 0.15) is 24.7 Å². The van der Waals surface area contributed by atoms with Crippen molar-refractivity contribution in [3.05, 3.63) is 59.8 Å². The van der Waals surface area contributed by atoms with Gasteiger partial charge in [0.15, 0.2) is 0 Å². The minimum absolute atomic E-state index is 0.0406. The number of nitrogens with one attached hydrogen (secondary N) is 1. The molecule has 8 heteroatoms. The van der Waals surface area contributed by atoms with Crippen molar-refractivity contribution in [2.45, 2.75) is 39.3 Å². The van der Waals surface area contributed by atoms with Crippen molar-refractivity contribution >= 4 is 34.3 Å². The zero-order chi connectivity index (χ0) is 22.8. The molecule has 1 saturated heterocycles. The number of nitrogens with zero attached hydrogens (tertiary/aromatic N) is 4. The molecule has 166 valence electrons. The molecule has 1 N–H and O–H groups in total. The van der Waals surface area contributed by atoms with Gasteiger partial charge in [0.25, 0.3) is 0 Å². The van der Waals surface area contributed by atoms with Crippen molar-refractivity contribution in [2.24, 2.45) is 0 Å². The first-order valence-corrected chi connectivity index (χ1v) is 11.1. The van der Waals surface area contributed by atoms with Crippen molar-refractivity contribution in [2.75, 3.05) is 13.1 Å². The van der Waals surface area contributed by atoms with Crippen LogP contribution >= 0.6 is 11.6 Å². The lowest BCUT2D eigenvalue weighted by Gasteiger charge is -2.38. The maximum absolute atomic E-state index is 12.8. The third-order valence-electron chi connectivity index (χ3n) is 5.87. The topological polar surface area (TPSA) is 80.1 Å². The van der Waals surface area contributed by atoms with E-state index in [1.165, 1.54) is 6.08 Å². The summed E-state index contributed by atoms with van der Waals surface area (Å²) >= 11 is 6.33. The molecule has 32 heavy (non-hydrogen) atoms. The molecular weight excluding hydrogens is 426 g/mol. The molecule has 1 fully saturated rings. The second kappa shape index (κ2) is 9.12. The molecule has 0 unspecified atom stereocenters. The lowest BCUT2D eigenvalue weighted by atomic mass is 10.0. The molecule has 0 atom stereocenters. The van der Waals surface area contributed by atoms with E-state index in [9.17, 15) is 9.59 Å². The Kier molecular flexibility index (Phi) is 6.28. The fraction of sp³-hybridized carbons (Fsp3) is 0.333. The fourth-order valence-corrected chi connectivity index (χ4v) is 4.47. The van der Waals surface area contributed by atoms with Gasteiger partial charge in [-0.3, -0.25) is 9.59 Å². The average Bonchev–Trinajstić information content (AvgIpc) is 3.01. The van der Waals surface area contributed by atoms with E-state index < -0.39 is 0 Å². The fourth-order valence-electron chi connectivity index (χ4n) is 4.29. The van der Waals surface area contributed by atoms with E-state index in [1.807, 2.05) is 35.9 Å². The molecule has 1 aromatic carbocycles. The summed E-state index contributed by atoms with van der Waals surface area (Å²) in [6.45, 7) is 8.80. The van der Waals surface area contributed by atoms with E-state index in [0.717, 1.165) is 46.3 Å². The zero-order valence-corrected chi connectivity index (χ0v) is 19.0. The monoisotopic (exact) mass is 451 g/mol. The third-order valence-corrected chi connectivity index (χ3v) is 6.11. The van der Waals surface area contributed by atoms with Gasteiger partial charge in [-0.2, -0.15) is 0 Å². The van der Waals surface area contributed by atoms with E-state index >= 15 is 0 Å². The van der Waals surface area contributed by atoms with E-state index in [2.05, 4.69) is 28.8 Å². The van der Waals surface area contributed by atoms with Crippen molar-refractivity contribution in [1.82, 2.24) is 24.8 Å². The van der Waals surface area contributed by atoms with Crippen LogP contribution in [-0.4, -0.2) is 50.4 Å². The van der Waals surface area contributed by atoms with Crippen LogP contribution in [0.5, 0.6) is 0 Å². The number of carbonyl (C=O) groups is 2. The van der Waals surface area contributed by atoms with Gasteiger partial charge in [-0.1, -0.05) is 31.5 Å². The number of carbonyl (C=O) groups excluding carboxylic acids is 2. The van der Waals surface area contributed by atoms with E-state index in [-0.39, 0.29) is 24.4 Å². The van der Waals surface area contributed by atoms with E-state index in [1.54, 1.807) is 11.2 Å². The van der Waals surface area contributed by atoms with Crippen LogP contribution in [0.15, 0.2) is 43.4 Å². The molecule has 1 aliphatic rings. The summed E-state index contributed by atoms with van der Waals surface area (Å²) in [5.74, 6) is -0.211. The van der Waals surface area contributed by atoms with Crippen LogP contribution in [0.3, 0.4) is 0 Å². The summed E-state index contributed by atoms with van der Waals surface area (Å²) in [7, 11) is 0. The number of halogens is 1. The highest BCUT2D eigenvalue weighted by Crippen LogP contribution is 2.37. The van der Waals surface area contributed by atoms with Crippen molar-refractivity contribution in [3.8, 4) is 11.1 Å². The Morgan fingerprint density at radius 1 is 1.34 bits per heavy atom. The quantitative estimate of drug-likeness (QED) is 0.557. The lowest BCUT2D eigenvalue weighted by Crippen LogP contribution is -2.61. The van der Waals surface area contributed by atoms with Gasteiger partial charge in [-0.05, 0) is 37.6 Å². The molecule has 7 nitrogen and oxygen atoms in total. The number of aromatic nitrogens is 3. The number of hydrogen-bond acceptors (Lipinski definition) is 4. The number of hydrogen-bond donors (Lipinski definition) is 1. The number of rotatable bonds is 7. The summed E-state index contributed by atoms with van der Waals surface area (Å²) in [5, 5.41) is 4.63. The van der Waals surface area contributed by atoms with Gasteiger partial charge in [-0.25, -0.2) is 9.97 Å². The Bertz CT molecular complexity index is 1200. The Balaban J connectivity index is 1.65. The Hall–Kier alpha value is -3.19. The van der Waals surface area contributed by atoms with Crippen LogP contribution in [0.25, 0.3) is 22.0 Å². The summed E-state index contributed by atoms with van der Waals surface area (Å²) in [4.78, 5) is 34.9. The molecule has 0 aliphatic carbocycles. The molecular formula is C24H26ClN5O2. The minimum atomic E-state index is -0.114. The number of fused-ring (bicyclic) bond motifs is 1. The van der Waals surface area contributed by atoms with Gasteiger partial charge in [-0.15, -0.1) is 0 Å². The first-order valence-electron chi connectivity index (χ1n) is 10.7. The van der Waals surface area contributed by atoms with Gasteiger partial charge >= 0.3 is 0 Å². The van der Waals surface area contributed by atoms with E-state index in [0.29, 0.717) is 18.1 Å². The summed E-state index contributed by atoms with van der Waals surface area (Å²) in [6.07, 6.45) is 6.51. The number of aryl methyl sites for hydroxylation is 1. The minimum Gasteiger partial charge on any atom is -0.348 e. The number of benzene rings is 1. The summed E-state index contributed by atoms with van der Waals surface area (Å²) in [6, 6.07) is 5.67. The molecule has 0 radical (unpaired) electrons. The van der Waals surface area contributed by atoms with Crippen LogP contribution < -0.4 is 5.32 Å². The highest BCUT2D eigenvalue weighted by molar-refractivity contribution is 6.31. The molecule has 4 rings (SSSR count). The van der Waals surface area contributed by atoms with Gasteiger partial charge in [0.2, 0.25) is 11.8 Å². The molecule has 2 amide bonds. The van der Waals surface area contributed by atoms with Gasteiger partial charge in [0, 0.05) is 52.0 Å². The van der Waals surface area contributed by atoms with Crippen molar-refractivity contribution in [1.29, 1.82) is 0 Å². The SMILES string of the molecule is C=CC(=O)N1CC(NC(=O)Cn2c(C)c(-c3cncnc3CCC)c3cc(Cl)ccc32)C1. The predicted molar refractivity (Wildman–Crippen MR) is 125 cm³/mol. The first-order chi connectivity index (χ1) is 15.4. The maximum atomic E-state index is 12.8. The Morgan fingerprint density at radius 2 is 2.12 bits per heavy atom. The highest BCUT2D eigenvalue weighted by atomic mass is 35.5. The molecule has 3 aromatic rings. The van der Waals surface area contributed by atoms with Crippen LogP contribution in [0.2, 0.25) is 5.02 Å². The van der Waals surface area contributed by atoms with Crippen molar-refractivity contribution < 1.29 is 9.59 Å². The van der Waals surface area contributed by atoms with Crippen LogP contribution in [0.4, 0.5) is 0 Å². The number of amides is 2. The standard InChI is InChI=1S/C24H26ClN5O2/c1-4-6-20-19(10-26-14-27-20)24-15(3)30(21-8-7-16(25)9-18(21)24)13-22(31)28-17-11-29(12-17)23(32)5-2/h5,7-10,14,17H,2,4,6,11-13H2,1,3H3,(H,28,31). The second-order valence-corrected chi connectivity index (χ2v) is 8.49. The van der Waals surface area contributed by atoms with Crippen LogP contribution in [-0.2, 0) is 22.6 Å². The predicted octanol–water partition coefficient (Wildman–Crippen LogP) is 3.53. The first kappa shape index (κ1) is 22.0. The van der Waals surface area contributed by atoms with Gasteiger partial charge < -0.3 is 14.8 Å². The molecule has 2 aromatic heterocycles. The van der Waals surface area contributed by atoms with Crippen LogP contribution in [0, 0.1) is 6.92 Å². The Morgan fingerprint density at radius 3 is 2.84 bits per heavy atom. The lowest BCUT2D eigenvalue weighted by molar-refractivity contribution is -0.133. The zero-order valence-electron chi connectivity index (χ0n) is 18.3. The average molecular weight is 452 g/mol. The molecule has 0 bridgehead atoms. The van der Waals surface area contributed by atoms with Gasteiger partial charge in [0.05, 0.1) is 11.7 Å². The van der Waals surface area contributed by atoms with E-state index in [4.69, 9.17) is 11.6 Å². The largest absolute Gasteiger partial charge is 0.348 e. The normalized spacial score (nSPS) is 13.8.